The van der Waals surface area contributed by atoms with Crippen LogP contribution in [0.3, 0.4) is 0 Å². The minimum Gasteiger partial charge on any atom is -0.381 e. The summed E-state index contributed by atoms with van der Waals surface area (Å²) >= 11 is 0. The van der Waals surface area contributed by atoms with Crippen LogP contribution in [0.2, 0.25) is 0 Å². The highest BCUT2D eigenvalue weighted by atomic mass is 16.5. The van der Waals surface area contributed by atoms with Crippen molar-refractivity contribution in [2.75, 3.05) is 39.4 Å². The molecule has 2 aliphatic rings. The molecular weight excluding hydrogens is 212 g/mol. The topological polar surface area (TPSA) is 33.3 Å². The molecule has 0 bridgehead atoms. The van der Waals surface area contributed by atoms with Crippen molar-refractivity contribution in [3.8, 4) is 0 Å². The van der Waals surface area contributed by atoms with Gasteiger partial charge in [0.1, 0.15) is 0 Å². The van der Waals surface area contributed by atoms with E-state index in [0.717, 1.165) is 25.7 Å². The fraction of sp³-hybridized carbons (Fsp3) is 1.00. The molecule has 0 aromatic rings. The van der Waals surface area contributed by atoms with Gasteiger partial charge >= 0.3 is 0 Å². The molecule has 17 heavy (non-hydrogen) atoms. The van der Waals surface area contributed by atoms with Gasteiger partial charge in [0.15, 0.2) is 0 Å². The molecule has 100 valence electrons. The van der Waals surface area contributed by atoms with E-state index in [9.17, 15) is 0 Å². The van der Waals surface area contributed by atoms with E-state index in [1.165, 1.54) is 51.7 Å². The van der Waals surface area contributed by atoms with Crippen LogP contribution in [0.5, 0.6) is 0 Å². The van der Waals surface area contributed by atoms with Gasteiger partial charge in [-0.15, -0.1) is 0 Å². The summed E-state index contributed by atoms with van der Waals surface area (Å²) in [7, 11) is 0. The Morgan fingerprint density at radius 1 is 1.47 bits per heavy atom. The first-order valence-electron chi connectivity index (χ1n) is 7.34. The molecule has 2 heterocycles. The minimum atomic E-state index is 0.520. The highest BCUT2D eigenvalue weighted by Crippen LogP contribution is 2.30. The lowest BCUT2D eigenvalue weighted by molar-refractivity contribution is 0.170. The first-order valence-corrected chi connectivity index (χ1v) is 7.34. The third-order valence-electron chi connectivity index (χ3n) is 4.30. The van der Waals surface area contributed by atoms with Crippen molar-refractivity contribution in [2.45, 2.75) is 39.0 Å². The second-order valence-corrected chi connectivity index (χ2v) is 5.89. The zero-order valence-electron chi connectivity index (χ0n) is 11.3. The first kappa shape index (κ1) is 13.3. The van der Waals surface area contributed by atoms with Gasteiger partial charge in [0.2, 0.25) is 0 Å². The minimum absolute atomic E-state index is 0.520. The Balaban J connectivity index is 1.72. The predicted molar refractivity (Wildman–Crippen MR) is 71.2 cm³/mol. The molecule has 3 heteroatoms. The molecule has 2 fully saturated rings. The lowest BCUT2D eigenvalue weighted by Crippen LogP contribution is -2.47. The SMILES string of the molecule is CCCC1(CNCC2CCOC2)CCCNC1. The van der Waals surface area contributed by atoms with Crippen LogP contribution in [0.15, 0.2) is 0 Å². The van der Waals surface area contributed by atoms with Gasteiger partial charge in [-0.1, -0.05) is 13.3 Å². The number of ether oxygens (including phenoxy) is 1. The molecule has 2 rings (SSSR count). The zero-order chi connectivity index (χ0) is 12.0. The van der Waals surface area contributed by atoms with Gasteiger partial charge < -0.3 is 15.4 Å². The first-order chi connectivity index (χ1) is 8.35. The van der Waals surface area contributed by atoms with Crippen molar-refractivity contribution in [1.82, 2.24) is 10.6 Å². The third-order valence-corrected chi connectivity index (χ3v) is 4.30. The maximum absolute atomic E-state index is 5.42. The molecule has 2 unspecified atom stereocenters. The largest absolute Gasteiger partial charge is 0.381 e. The summed E-state index contributed by atoms with van der Waals surface area (Å²) in [5.74, 6) is 0.755. The Hall–Kier alpha value is -0.120. The Morgan fingerprint density at radius 2 is 2.41 bits per heavy atom. The fourth-order valence-corrected chi connectivity index (χ4v) is 3.30. The molecule has 0 aromatic carbocycles. The molecule has 2 saturated heterocycles. The summed E-state index contributed by atoms with van der Waals surface area (Å²) in [4.78, 5) is 0. The fourth-order valence-electron chi connectivity index (χ4n) is 3.30. The van der Waals surface area contributed by atoms with E-state index < -0.39 is 0 Å². The van der Waals surface area contributed by atoms with Crippen LogP contribution in [0, 0.1) is 11.3 Å². The molecule has 2 N–H and O–H groups in total. The molecule has 0 saturated carbocycles. The van der Waals surface area contributed by atoms with Gasteiger partial charge in [-0.05, 0) is 43.6 Å². The standard InChI is InChI=1S/C14H28N2O/c1-2-5-14(6-3-7-15-11-14)12-16-9-13-4-8-17-10-13/h13,15-16H,2-12H2,1H3. The second-order valence-electron chi connectivity index (χ2n) is 5.89. The summed E-state index contributed by atoms with van der Waals surface area (Å²) in [6, 6.07) is 0. The Labute approximate surface area is 106 Å². The van der Waals surface area contributed by atoms with Gasteiger partial charge in [0.25, 0.3) is 0 Å². The smallest absolute Gasteiger partial charge is 0.0507 e. The average Bonchev–Trinajstić information content (AvgIpc) is 2.84. The quantitative estimate of drug-likeness (QED) is 0.742. The lowest BCUT2D eigenvalue weighted by Gasteiger charge is -2.38. The van der Waals surface area contributed by atoms with Gasteiger partial charge in [-0.3, -0.25) is 0 Å². The van der Waals surface area contributed by atoms with Crippen LogP contribution >= 0.6 is 0 Å². The summed E-state index contributed by atoms with van der Waals surface area (Å²) in [6.45, 7) is 8.98. The molecule has 0 amide bonds. The summed E-state index contributed by atoms with van der Waals surface area (Å²) < 4.78 is 5.42. The number of rotatable bonds is 6. The molecule has 0 aliphatic carbocycles. The van der Waals surface area contributed by atoms with Gasteiger partial charge in [0, 0.05) is 26.2 Å². The van der Waals surface area contributed by atoms with Crippen molar-refractivity contribution in [2.24, 2.45) is 11.3 Å². The number of piperidine rings is 1. The van der Waals surface area contributed by atoms with Gasteiger partial charge in [-0.25, -0.2) is 0 Å². The summed E-state index contributed by atoms with van der Waals surface area (Å²) in [6.07, 6.45) is 6.63. The van der Waals surface area contributed by atoms with Crippen LogP contribution in [0.1, 0.15) is 39.0 Å². The van der Waals surface area contributed by atoms with Crippen molar-refractivity contribution in [3.63, 3.8) is 0 Å². The maximum atomic E-state index is 5.42. The molecular formula is C14H28N2O. The highest BCUT2D eigenvalue weighted by Gasteiger charge is 2.30. The van der Waals surface area contributed by atoms with E-state index in [1.807, 2.05) is 0 Å². The Morgan fingerprint density at radius 3 is 3.06 bits per heavy atom. The van der Waals surface area contributed by atoms with Crippen LogP contribution < -0.4 is 10.6 Å². The lowest BCUT2D eigenvalue weighted by atomic mass is 9.77. The monoisotopic (exact) mass is 240 g/mol. The third kappa shape index (κ3) is 3.94. The molecule has 2 aliphatic heterocycles. The van der Waals surface area contributed by atoms with E-state index in [2.05, 4.69) is 17.6 Å². The normalized spacial score (nSPS) is 34.1. The molecule has 0 radical (unpaired) electrons. The number of hydrogen-bond acceptors (Lipinski definition) is 3. The predicted octanol–water partition coefficient (Wildman–Crippen LogP) is 1.78. The van der Waals surface area contributed by atoms with Crippen molar-refractivity contribution >= 4 is 0 Å². The molecule has 3 nitrogen and oxygen atoms in total. The van der Waals surface area contributed by atoms with Crippen LogP contribution in [0.4, 0.5) is 0 Å². The van der Waals surface area contributed by atoms with E-state index in [1.54, 1.807) is 0 Å². The van der Waals surface area contributed by atoms with Crippen molar-refractivity contribution < 1.29 is 4.74 Å². The van der Waals surface area contributed by atoms with Crippen LogP contribution in [-0.4, -0.2) is 39.4 Å². The Kier molecular flexibility index (Phi) is 5.26. The van der Waals surface area contributed by atoms with E-state index in [4.69, 9.17) is 4.74 Å². The highest BCUT2D eigenvalue weighted by molar-refractivity contribution is 4.87. The van der Waals surface area contributed by atoms with E-state index >= 15 is 0 Å². The summed E-state index contributed by atoms with van der Waals surface area (Å²) in [5, 5.41) is 7.28. The van der Waals surface area contributed by atoms with E-state index in [0.29, 0.717) is 5.41 Å². The van der Waals surface area contributed by atoms with Gasteiger partial charge in [-0.2, -0.15) is 0 Å². The van der Waals surface area contributed by atoms with Crippen LogP contribution in [-0.2, 0) is 4.74 Å². The second kappa shape index (κ2) is 6.72. The number of hydrogen-bond donors (Lipinski definition) is 2. The van der Waals surface area contributed by atoms with Crippen LogP contribution in [0.25, 0.3) is 0 Å². The average molecular weight is 240 g/mol. The van der Waals surface area contributed by atoms with Gasteiger partial charge in [0.05, 0.1) is 6.61 Å². The van der Waals surface area contributed by atoms with Crippen molar-refractivity contribution in [1.29, 1.82) is 0 Å². The van der Waals surface area contributed by atoms with Crippen molar-refractivity contribution in [3.05, 3.63) is 0 Å². The Bertz CT molecular complexity index is 203. The molecule has 0 spiro atoms. The maximum Gasteiger partial charge on any atom is 0.0507 e. The number of nitrogens with one attached hydrogen (secondary N) is 2. The van der Waals surface area contributed by atoms with E-state index in [-0.39, 0.29) is 0 Å². The zero-order valence-corrected chi connectivity index (χ0v) is 11.3. The molecule has 2 atom stereocenters. The summed E-state index contributed by atoms with van der Waals surface area (Å²) in [5.41, 5.74) is 0.520. The molecule has 0 aromatic heterocycles.